The molecule has 3 nitrogen and oxygen atoms in total. The summed E-state index contributed by atoms with van der Waals surface area (Å²) < 4.78 is 0. The van der Waals surface area contributed by atoms with Crippen LogP contribution in [0.3, 0.4) is 0 Å². The summed E-state index contributed by atoms with van der Waals surface area (Å²) in [5.74, 6) is 2.27. The monoisotopic (exact) mass is 197 g/mol. The van der Waals surface area contributed by atoms with Gasteiger partial charge in [-0.25, -0.2) is 0 Å². The van der Waals surface area contributed by atoms with Crippen molar-refractivity contribution in [3.63, 3.8) is 0 Å². The smallest absolute Gasteiger partial charge is 0.317 e. The van der Waals surface area contributed by atoms with Gasteiger partial charge in [0.2, 0.25) is 0 Å². The van der Waals surface area contributed by atoms with Crippen LogP contribution in [-0.2, 0) is 4.79 Å². The average Bonchev–Trinajstić information content (AvgIpc) is 2.02. The molecule has 0 spiro atoms. The van der Waals surface area contributed by atoms with Crippen LogP contribution in [-0.4, -0.2) is 35.6 Å². The summed E-state index contributed by atoms with van der Waals surface area (Å²) in [6.45, 7) is 5.86. The van der Waals surface area contributed by atoms with Gasteiger partial charge in [0.25, 0.3) is 0 Å². The van der Waals surface area contributed by atoms with E-state index in [0.29, 0.717) is 12.3 Å². The zero-order valence-electron chi connectivity index (χ0n) is 8.99. The molecule has 0 aliphatic rings. The normalized spacial score (nSPS) is 10.5. The van der Waals surface area contributed by atoms with Crippen LogP contribution < -0.4 is 0 Å². The molecule has 0 saturated heterocycles. The van der Waals surface area contributed by atoms with Crippen LogP contribution in [0.15, 0.2) is 0 Å². The Balaban J connectivity index is 3.85. The number of carbonyl (C=O) groups is 1. The van der Waals surface area contributed by atoms with Crippen molar-refractivity contribution < 1.29 is 9.90 Å². The van der Waals surface area contributed by atoms with E-state index < -0.39 is 5.97 Å². The van der Waals surface area contributed by atoms with Crippen molar-refractivity contribution in [1.82, 2.24) is 4.90 Å². The van der Waals surface area contributed by atoms with Gasteiger partial charge in [-0.3, -0.25) is 9.69 Å². The molecule has 0 atom stereocenters. The van der Waals surface area contributed by atoms with E-state index in [1.807, 2.05) is 4.90 Å². The minimum absolute atomic E-state index is 0.114. The van der Waals surface area contributed by atoms with Crippen molar-refractivity contribution >= 4 is 5.97 Å². The van der Waals surface area contributed by atoms with Gasteiger partial charge in [-0.1, -0.05) is 13.8 Å². The fourth-order valence-electron chi connectivity index (χ4n) is 1.35. The Labute approximate surface area is 86.1 Å². The van der Waals surface area contributed by atoms with E-state index in [0.717, 1.165) is 19.5 Å². The SMILES string of the molecule is C#CCCCN(CC(=O)O)CC(C)C. The lowest BCUT2D eigenvalue weighted by atomic mass is 10.2. The second-order valence-electron chi connectivity index (χ2n) is 3.83. The highest BCUT2D eigenvalue weighted by Crippen LogP contribution is 2.00. The van der Waals surface area contributed by atoms with Gasteiger partial charge >= 0.3 is 5.97 Å². The molecule has 0 fully saturated rings. The van der Waals surface area contributed by atoms with Crippen molar-refractivity contribution in [2.24, 2.45) is 5.92 Å². The number of nitrogens with zero attached hydrogens (tertiary/aromatic N) is 1. The Morgan fingerprint density at radius 1 is 1.57 bits per heavy atom. The lowest BCUT2D eigenvalue weighted by Gasteiger charge is -2.21. The summed E-state index contributed by atoms with van der Waals surface area (Å²) in [6.07, 6.45) is 6.72. The molecule has 1 N–H and O–H groups in total. The van der Waals surface area contributed by atoms with Crippen molar-refractivity contribution in [2.75, 3.05) is 19.6 Å². The number of unbranched alkanes of at least 4 members (excludes halogenated alkanes) is 1. The average molecular weight is 197 g/mol. The summed E-state index contributed by atoms with van der Waals surface area (Å²) in [7, 11) is 0. The molecule has 0 unspecified atom stereocenters. The van der Waals surface area contributed by atoms with Gasteiger partial charge in [0.1, 0.15) is 0 Å². The van der Waals surface area contributed by atoms with E-state index in [1.165, 1.54) is 0 Å². The van der Waals surface area contributed by atoms with E-state index in [9.17, 15) is 4.79 Å². The summed E-state index contributed by atoms with van der Waals surface area (Å²) in [6, 6.07) is 0. The topological polar surface area (TPSA) is 40.5 Å². The van der Waals surface area contributed by atoms with Crippen LogP contribution in [0.1, 0.15) is 26.7 Å². The van der Waals surface area contributed by atoms with Crippen LogP contribution in [0.5, 0.6) is 0 Å². The predicted molar refractivity (Wildman–Crippen MR) is 57.0 cm³/mol. The van der Waals surface area contributed by atoms with E-state index in [2.05, 4.69) is 19.8 Å². The quantitative estimate of drug-likeness (QED) is 0.496. The van der Waals surface area contributed by atoms with Gasteiger partial charge in [0.15, 0.2) is 0 Å². The van der Waals surface area contributed by atoms with Crippen LogP contribution in [0.2, 0.25) is 0 Å². The van der Waals surface area contributed by atoms with Crippen molar-refractivity contribution in [1.29, 1.82) is 0 Å². The maximum atomic E-state index is 10.5. The fourth-order valence-corrected chi connectivity index (χ4v) is 1.35. The second-order valence-corrected chi connectivity index (χ2v) is 3.83. The molecule has 0 aliphatic heterocycles. The molecule has 80 valence electrons. The number of hydrogen-bond donors (Lipinski definition) is 1. The molecule has 0 aromatic heterocycles. The van der Waals surface area contributed by atoms with Crippen LogP contribution in [0.4, 0.5) is 0 Å². The molecule has 0 amide bonds. The molecular weight excluding hydrogens is 178 g/mol. The molecule has 0 saturated carbocycles. The first-order valence-electron chi connectivity index (χ1n) is 4.94. The van der Waals surface area contributed by atoms with E-state index in [1.54, 1.807) is 0 Å². The first-order chi connectivity index (χ1) is 6.56. The number of carboxylic acid groups (broad SMARTS) is 1. The van der Waals surface area contributed by atoms with Crippen molar-refractivity contribution in [3.8, 4) is 12.3 Å². The molecule has 0 rings (SSSR count). The van der Waals surface area contributed by atoms with Gasteiger partial charge in [-0.2, -0.15) is 0 Å². The highest BCUT2D eigenvalue weighted by atomic mass is 16.4. The predicted octanol–water partition coefficient (Wildman–Crippen LogP) is 1.44. The van der Waals surface area contributed by atoms with Crippen LogP contribution >= 0.6 is 0 Å². The maximum Gasteiger partial charge on any atom is 0.317 e. The second kappa shape index (κ2) is 7.40. The Morgan fingerprint density at radius 3 is 2.64 bits per heavy atom. The summed E-state index contributed by atoms with van der Waals surface area (Å²) in [4.78, 5) is 12.5. The Bertz CT molecular complexity index is 206. The minimum Gasteiger partial charge on any atom is -0.480 e. The molecule has 0 radical (unpaired) electrons. The molecule has 14 heavy (non-hydrogen) atoms. The zero-order valence-corrected chi connectivity index (χ0v) is 8.99. The lowest BCUT2D eigenvalue weighted by Crippen LogP contribution is -2.33. The maximum absolute atomic E-state index is 10.5. The highest BCUT2D eigenvalue weighted by molar-refractivity contribution is 5.69. The number of rotatable bonds is 7. The zero-order chi connectivity index (χ0) is 11.0. The third-order valence-corrected chi connectivity index (χ3v) is 1.78. The van der Waals surface area contributed by atoms with Gasteiger partial charge in [-0.15, -0.1) is 12.3 Å². The highest BCUT2D eigenvalue weighted by Gasteiger charge is 2.10. The molecule has 0 heterocycles. The summed E-state index contributed by atoms with van der Waals surface area (Å²) >= 11 is 0. The summed E-state index contributed by atoms with van der Waals surface area (Å²) in [5, 5.41) is 8.67. The molecular formula is C11H19NO2. The van der Waals surface area contributed by atoms with Crippen LogP contribution in [0.25, 0.3) is 0 Å². The standard InChI is InChI=1S/C11H19NO2/c1-4-5-6-7-12(8-10(2)3)9-11(13)14/h1,10H,5-9H2,2-3H3,(H,13,14). The first kappa shape index (κ1) is 13.0. The van der Waals surface area contributed by atoms with E-state index >= 15 is 0 Å². The number of terminal acetylenes is 1. The minimum atomic E-state index is -0.772. The molecule has 3 heteroatoms. The molecule has 0 aliphatic carbocycles. The van der Waals surface area contributed by atoms with Crippen LogP contribution in [0, 0.1) is 18.3 Å². The molecule has 0 aromatic rings. The van der Waals surface area contributed by atoms with E-state index in [-0.39, 0.29) is 6.54 Å². The number of carboxylic acids is 1. The Kier molecular flexibility index (Phi) is 6.87. The largest absolute Gasteiger partial charge is 0.480 e. The molecule has 0 bridgehead atoms. The van der Waals surface area contributed by atoms with Gasteiger partial charge < -0.3 is 5.11 Å². The lowest BCUT2D eigenvalue weighted by molar-refractivity contribution is -0.138. The third-order valence-electron chi connectivity index (χ3n) is 1.78. The number of aliphatic carboxylic acids is 1. The van der Waals surface area contributed by atoms with Gasteiger partial charge in [-0.05, 0) is 18.9 Å². The Morgan fingerprint density at radius 2 is 2.21 bits per heavy atom. The van der Waals surface area contributed by atoms with Gasteiger partial charge in [0.05, 0.1) is 6.54 Å². The first-order valence-corrected chi connectivity index (χ1v) is 4.94. The number of hydrogen-bond acceptors (Lipinski definition) is 2. The Hall–Kier alpha value is -1.01. The van der Waals surface area contributed by atoms with E-state index in [4.69, 9.17) is 11.5 Å². The van der Waals surface area contributed by atoms with Gasteiger partial charge in [0, 0.05) is 13.0 Å². The fraction of sp³-hybridized carbons (Fsp3) is 0.727. The van der Waals surface area contributed by atoms with Crippen molar-refractivity contribution in [2.45, 2.75) is 26.7 Å². The van der Waals surface area contributed by atoms with Crippen molar-refractivity contribution in [3.05, 3.63) is 0 Å². The molecule has 0 aromatic carbocycles. The summed E-state index contributed by atoms with van der Waals surface area (Å²) in [5.41, 5.74) is 0. The third kappa shape index (κ3) is 7.63.